The summed E-state index contributed by atoms with van der Waals surface area (Å²) < 4.78 is 5.15. The molecule has 2 amide bonds. The van der Waals surface area contributed by atoms with Gasteiger partial charge in [-0.25, -0.2) is 0 Å². The maximum Gasteiger partial charge on any atom is 0.274 e. The number of amides is 2. The number of carbonyl (C=O) groups is 2. The molecule has 1 saturated heterocycles. The Hall–Kier alpha value is -3.16. The van der Waals surface area contributed by atoms with Crippen molar-refractivity contribution in [3.63, 3.8) is 0 Å². The number of nitro groups is 1. The summed E-state index contributed by atoms with van der Waals surface area (Å²) in [5.74, 6) is -0.336. The van der Waals surface area contributed by atoms with Gasteiger partial charge in [-0.05, 0) is 25.1 Å². The predicted molar refractivity (Wildman–Crippen MR) is 88.8 cm³/mol. The standard InChI is InChI=1S/C17H17N3O5/c1-11-4-5-13(8-15(11)20(23)24)19-10-12(7-16(19)21)17(22)18-9-14-3-2-6-25-14/h2-6,8,12H,7,9-10H2,1H3,(H,18,22)/t12-/m1/s1. The van der Waals surface area contributed by atoms with Crippen LogP contribution in [0.3, 0.4) is 0 Å². The molecule has 0 saturated carbocycles. The van der Waals surface area contributed by atoms with Gasteiger partial charge >= 0.3 is 0 Å². The van der Waals surface area contributed by atoms with Crippen LogP contribution >= 0.6 is 0 Å². The van der Waals surface area contributed by atoms with Crippen molar-refractivity contribution in [1.82, 2.24) is 5.32 Å². The SMILES string of the molecule is Cc1ccc(N2C[C@H](C(=O)NCc3ccco3)CC2=O)cc1[N+](=O)[O-]. The minimum atomic E-state index is -0.497. The Labute approximate surface area is 143 Å². The topological polar surface area (TPSA) is 106 Å². The van der Waals surface area contributed by atoms with E-state index in [1.54, 1.807) is 31.2 Å². The van der Waals surface area contributed by atoms with E-state index in [1.165, 1.54) is 17.2 Å². The normalized spacial score (nSPS) is 16.9. The fourth-order valence-electron chi connectivity index (χ4n) is 2.83. The highest BCUT2D eigenvalue weighted by Crippen LogP contribution is 2.30. The third kappa shape index (κ3) is 3.52. The minimum absolute atomic E-state index is 0.0454. The second-order valence-electron chi connectivity index (χ2n) is 5.93. The van der Waals surface area contributed by atoms with Crippen LogP contribution in [0, 0.1) is 23.0 Å². The molecule has 8 heteroatoms. The molecular formula is C17H17N3O5. The van der Waals surface area contributed by atoms with E-state index in [2.05, 4.69) is 5.32 Å². The zero-order valence-corrected chi connectivity index (χ0v) is 13.6. The maximum atomic E-state index is 12.3. The molecule has 1 N–H and O–H groups in total. The number of furan rings is 1. The van der Waals surface area contributed by atoms with Crippen LogP contribution in [0.2, 0.25) is 0 Å². The Balaban J connectivity index is 1.69. The third-order valence-electron chi connectivity index (χ3n) is 4.21. The van der Waals surface area contributed by atoms with Crippen molar-refractivity contribution in [1.29, 1.82) is 0 Å². The molecule has 3 rings (SSSR count). The molecule has 1 aliphatic heterocycles. The van der Waals surface area contributed by atoms with E-state index in [9.17, 15) is 19.7 Å². The largest absolute Gasteiger partial charge is 0.467 e. The number of benzene rings is 1. The van der Waals surface area contributed by atoms with E-state index in [0.717, 1.165) is 0 Å². The van der Waals surface area contributed by atoms with Gasteiger partial charge < -0.3 is 14.6 Å². The summed E-state index contributed by atoms with van der Waals surface area (Å²) in [6.07, 6.45) is 1.60. The molecule has 25 heavy (non-hydrogen) atoms. The molecule has 1 aliphatic rings. The van der Waals surface area contributed by atoms with Gasteiger partial charge in [-0.3, -0.25) is 19.7 Å². The summed E-state index contributed by atoms with van der Waals surface area (Å²) in [7, 11) is 0. The van der Waals surface area contributed by atoms with Gasteiger partial charge in [-0.2, -0.15) is 0 Å². The molecule has 1 aromatic carbocycles. The summed E-state index contributed by atoms with van der Waals surface area (Å²) >= 11 is 0. The highest BCUT2D eigenvalue weighted by molar-refractivity contribution is 6.00. The van der Waals surface area contributed by atoms with Crippen LogP contribution in [0.4, 0.5) is 11.4 Å². The number of anilines is 1. The smallest absolute Gasteiger partial charge is 0.274 e. The van der Waals surface area contributed by atoms with Crippen molar-refractivity contribution in [2.45, 2.75) is 19.9 Å². The van der Waals surface area contributed by atoms with Crippen LogP contribution < -0.4 is 10.2 Å². The van der Waals surface area contributed by atoms with E-state index in [4.69, 9.17) is 4.42 Å². The van der Waals surface area contributed by atoms with E-state index in [-0.39, 0.29) is 37.0 Å². The number of nitrogens with one attached hydrogen (secondary N) is 1. The molecule has 1 aromatic heterocycles. The number of nitro benzene ring substituents is 1. The molecule has 1 fully saturated rings. The first-order valence-electron chi connectivity index (χ1n) is 7.81. The lowest BCUT2D eigenvalue weighted by molar-refractivity contribution is -0.385. The monoisotopic (exact) mass is 343 g/mol. The highest BCUT2D eigenvalue weighted by Gasteiger charge is 2.35. The van der Waals surface area contributed by atoms with Gasteiger partial charge in [0.2, 0.25) is 11.8 Å². The number of nitrogens with zero attached hydrogens (tertiary/aromatic N) is 2. The average molecular weight is 343 g/mol. The summed E-state index contributed by atoms with van der Waals surface area (Å²) in [6, 6.07) is 8.11. The molecule has 2 aromatic rings. The summed E-state index contributed by atoms with van der Waals surface area (Å²) in [5.41, 5.74) is 0.910. The molecule has 0 unspecified atom stereocenters. The van der Waals surface area contributed by atoms with Gasteiger partial charge in [0.15, 0.2) is 0 Å². The third-order valence-corrected chi connectivity index (χ3v) is 4.21. The molecule has 2 heterocycles. The van der Waals surface area contributed by atoms with Crippen molar-refractivity contribution in [2.75, 3.05) is 11.4 Å². The quantitative estimate of drug-likeness (QED) is 0.661. The molecule has 130 valence electrons. The number of hydrogen-bond acceptors (Lipinski definition) is 5. The number of rotatable bonds is 5. The first-order valence-corrected chi connectivity index (χ1v) is 7.81. The summed E-state index contributed by atoms with van der Waals surface area (Å²) in [4.78, 5) is 36.5. The molecule has 1 atom stereocenters. The molecule has 0 spiro atoms. The second kappa shape index (κ2) is 6.76. The second-order valence-corrected chi connectivity index (χ2v) is 5.93. The van der Waals surface area contributed by atoms with E-state index in [1.807, 2.05) is 0 Å². The lowest BCUT2D eigenvalue weighted by atomic mass is 10.1. The molecule has 8 nitrogen and oxygen atoms in total. The van der Waals surface area contributed by atoms with Crippen LogP contribution in [0.1, 0.15) is 17.7 Å². The molecular weight excluding hydrogens is 326 g/mol. The Kier molecular flexibility index (Phi) is 4.51. The minimum Gasteiger partial charge on any atom is -0.467 e. The maximum absolute atomic E-state index is 12.3. The zero-order valence-electron chi connectivity index (χ0n) is 13.6. The highest BCUT2D eigenvalue weighted by atomic mass is 16.6. The number of carbonyl (C=O) groups excluding carboxylic acids is 2. The van der Waals surface area contributed by atoms with Crippen LogP contribution in [0.25, 0.3) is 0 Å². The summed E-state index contributed by atoms with van der Waals surface area (Å²) in [6.45, 7) is 2.09. The Morgan fingerprint density at radius 2 is 2.24 bits per heavy atom. The van der Waals surface area contributed by atoms with Gasteiger partial charge in [0.1, 0.15) is 5.76 Å². The van der Waals surface area contributed by atoms with Crippen molar-refractivity contribution in [3.8, 4) is 0 Å². The fraction of sp³-hybridized carbons (Fsp3) is 0.294. The van der Waals surface area contributed by atoms with Gasteiger partial charge in [-0.1, -0.05) is 6.07 Å². The van der Waals surface area contributed by atoms with Crippen LogP contribution in [-0.4, -0.2) is 23.3 Å². The first-order chi connectivity index (χ1) is 12.0. The van der Waals surface area contributed by atoms with E-state index >= 15 is 0 Å². The number of aryl methyl sites for hydroxylation is 1. The van der Waals surface area contributed by atoms with Crippen molar-refractivity contribution in [3.05, 3.63) is 58.0 Å². The van der Waals surface area contributed by atoms with Gasteiger partial charge in [0, 0.05) is 24.6 Å². The van der Waals surface area contributed by atoms with Gasteiger partial charge in [0.25, 0.3) is 5.69 Å². The van der Waals surface area contributed by atoms with Crippen molar-refractivity contribution >= 4 is 23.2 Å². The van der Waals surface area contributed by atoms with Crippen LogP contribution in [-0.2, 0) is 16.1 Å². The summed E-state index contributed by atoms with van der Waals surface area (Å²) in [5, 5.41) is 13.8. The fourth-order valence-corrected chi connectivity index (χ4v) is 2.83. The number of hydrogen-bond donors (Lipinski definition) is 1. The average Bonchev–Trinajstić information content (AvgIpc) is 3.22. The molecule has 0 bridgehead atoms. The Morgan fingerprint density at radius 1 is 1.44 bits per heavy atom. The van der Waals surface area contributed by atoms with Gasteiger partial charge in [0.05, 0.1) is 29.3 Å². The Bertz CT molecular complexity index is 816. The van der Waals surface area contributed by atoms with Crippen LogP contribution in [0.15, 0.2) is 41.0 Å². The van der Waals surface area contributed by atoms with E-state index < -0.39 is 10.8 Å². The zero-order chi connectivity index (χ0) is 18.0. The van der Waals surface area contributed by atoms with Crippen LogP contribution in [0.5, 0.6) is 0 Å². The lowest BCUT2D eigenvalue weighted by Gasteiger charge is -2.17. The van der Waals surface area contributed by atoms with Gasteiger partial charge in [-0.15, -0.1) is 0 Å². The van der Waals surface area contributed by atoms with E-state index in [0.29, 0.717) is 17.0 Å². The first kappa shape index (κ1) is 16.7. The Morgan fingerprint density at radius 3 is 2.92 bits per heavy atom. The molecule has 0 aliphatic carbocycles. The van der Waals surface area contributed by atoms with Crippen molar-refractivity contribution in [2.24, 2.45) is 5.92 Å². The molecule has 0 radical (unpaired) electrons. The predicted octanol–water partition coefficient (Wildman–Crippen LogP) is 2.17. The lowest BCUT2D eigenvalue weighted by Crippen LogP contribution is -2.32. The van der Waals surface area contributed by atoms with Crippen molar-refractivity contribution < 1.29 is 18.9 Å².